The zero-order chi connectivity index (χ0) is 13.4. The van der Waals surface area contributed by atoms with Crippen LogP contribution in [0.2, 0.25) is 5.15 Å². The van der Waals surface area contributed by atoms with E-state index in [1.807, 2.05) is 30.3 Å². The van der Waals surface area contributed by atoms with Gasteiger partial charge in [-0.2, -0.15) is 0 Å². The number of aromatic hydroxyl groups is 2. The highest BCUT2D eigenvalue weighted by atomic mass is 35.5. The van der Waals surface area contributed by atoms with E-state index in [-0.39, 0.29) is 16.7 Å². The van der Waals surface area contributed by atoms with Crippen LogP contribution in [0.25, 0.3) is 21.9 Å². The van der Waals surface area contributed by atoms with Crippen molar-refractivity contribution in [1.82, 2.24) is 4.98 Å². The molecule has 0 bridgehead atoms. The van der Waals surface area contributed by atoms with Crippen LogP contribution in [0.3, 0.4) is 0 Å². The van der Waals surface area contributed by atoms with Crippen molar-refractivity contribution in [2.45, 2.75) is 0 Å². The number of phenolic OH excluding ortho intramolecular Hbond substituents is 2. The quantitative estimate of drug-likeness (QED) is 0.659. The number of nitrogens with zero attached hydrogens (tertiary/aromatic N) is 1. The van der Waals surface area contributed by atoms with Gasteiger partial charge in [-0.05, 0) is 11.6 Å². The zero-order valence-corrected chi connectivity index (χ0v) is 10.6. The summed E-state index contributed by atoms with van der Waals surface area (Å²) in [6.07, 6.45) is 1.62. The SMILES string of the molecule is Oc1cc(O)c2c(-c3ccccc3)cnc(Cl)c2c1. The number of halogens is 1. The molecule has 1 aromatic heterocycles. The van der Waals surface area contributed by atoms with Crippen molar-refractivity contribution in [1.29, 1.82) is 0 Å². The van der Waals surface area contributed by atoms with Crippen LogP contribution in [-0.4, -0.2) is 15.2 Å². The molecule has 0 radical (unpaired) electrons. The van der Waals surface area contributed by atoms with Crippen LogP contribution >= 0.6 is 11.6 Å². The molecule has 0 saturated heterocycles. The van der Waals surface area contributed by atoms with Crippen molar-refractivity contribution < 1.29 is 10.2 Å². The fraction of sp³-hybridized carbons (Fsp3) is 0. The molecule has 0 aliphatic carbocycles. The summed E-state index contributed by atoms with van der Waals surface area (Å²) in [7, 11) is 0. The molecule has 0 aliphatic heterocycles. The lowest BCUT2D eigenvalue weighted by Gasteiger charge is -2.10. The van der Waals surface area contributed by atoms with E-state index in [1.165, 1.54) is 12.1 Å². The molecule has 0 spiro atoms. The number of rotatable bonds is 1. The van der Waals surface area contributed by atoms with Crippen molar-refractivity contribution in [3.63, 3.8) is 0 Å². The van der Waals surface area contributed by atoms with E-state index < -0.39 is 0 Å². The largest absolute Gasteiger partial charge is 0.508 e. The third-order valence-corrected chi connectivity index (χ3v) is 3.29. The van der Waals surface area contributed by atoms with Gasteiger partial charge in [0.05, 0.1) is 0 Å². The number of hydrogen-bond acceptors (Lipinski definition) is 3. The lowest BCUT2D eigenvalue weighted by Crippen LogP contribution is -1.86. The van der Waals surface area contributed by atoms with Gasteiger partial charge in [-0.15, -0.1) is 0 Å². The Kier molecular flexibility index (Phi) is 2.76. The molecule has 2 aromatic carbocycles. The summed E-state index contributed by atoms with van der Waals surface area (Å²) < 4.78 is 0. The van der Waals surface area contributed by atoms with Gasteiger partial charge in [0.1, 0.15) is 16.7 Å². The smallest absolute Gasteiger partial charge is 0.137 e. The van der Waals surface area contributed by atoms with Crippen molar-refractivity contribution in [2.75, 3.05) is 0 Å². The molecule has 3 aromatic rings. The number of benzene rings is 2. The Labute approximate surface area is 114 Å². The molecular formula is C15H10ClNO2. The standard InChI is InChI=1S/C15H10ClNO2/c16-15-11-6-10(18)7-13(19)14(11)12(8-17-15)9-4-2-1-3-5-9/h1-8,18-19H. The van der Waals surface area contributed by atoms with Crippen LogP contribution < -0.4 is 0 Å². The third-order valence-electron chi connectivity index (χ3n) is 2.99. The highest BCUT2D eigenvalue weighted by molar-refractivity contribution is 6.35. The van der Waals surface area contributed by atoms with Crippen LogP contribution in [0.5, 0.6) is 11.5 Å². The second-order valence-corrected chi connectivity index (χ2v) is 4.57. The summed E-state index contributed by atoms with van der Waals surface area (Å²) >= 11 is 6.03. The Morgan fingerprint density at radius 3 is 2.47 bits per heavy atom. The van der Waals surface area contributed by atoms with Gasteiger partial charge >= 0.3 is 0 Å². The minimum Gasteiger partial charge on any atom is -0.508 e. The number of fused-ring (bicyclic) bond motifs is 1. The second kappa shape index (κ2) is 4.44. The van der Waals surface area contributed by atoms with Crippen molar-refractivity contribution in [3.05, 3.63) is 53.8 Å². The van der Waals surface area contributed by atoms with Crippen LogP contribution in [-0.2, 0) is 0 Å². The van der Waals surface area contributed by atoms with E-state index in [1.54, 1.807) is 6.20 Å². The van der Waals surface area contributed by atoms with Crippen LogP contribution in [0.4, 0.5) is 0 Å². The summed E-state index contributed by atoms with van der Waals surface area (Å²) in [6, 6.07) is 12.4. The molecule has 0 unspecified atom stereocenters. The monoisotopic (exact) mass is 271 g/mol. The van der Waals surface area contributed by atoms with Gasteiger partial charge in [0.15, 0.2) is 0 Å². The molecule has 0 atom stereocenters. The van der Waals surface area contributed by atoms with Gasteiger partial charge in [-0.1, -0.05) is 41.9 Å². The topological polar surface area (TPSA) is 53.4 Å². The first kappa shape index (κ1) is 11.8. The Morgan fingerprint density at radius 2 is 1.74 bits per heavy atom. The highest BCUT2D eigenvalue weighted by Gasteiger charge is 2.13. The molecule has 4 heteroatoms. The van der Waals surface area contributed by atoms with Crippen molar-refractivity contribution in [2.24, 2.45) is 0 Å². The lowest BCUT2D eigenvalue weighted by molar-refractivity contribution is 0.455. The molecule has 0 fully saturated rings. The Morgan fingerprint density at radius 1 is 1.00 bits per heavy atom. The normalized spacial score (nSPS) is 10.8. The van der Waals surface area contributed by atoms with E-state index in [0.29, 0.717) is 10.8 Å². The van der Waals surface area contributed by atoms with E-state index >= 15 is 0 Å². The summed E-state index contributed by atoms with van der Waals surface area (Å²) in [5.74, 6) is -0.0583. The van der Waals surface area contributed by atoms with Gasteiger partial charge in [-0.3, -0.25) is 0 Å². The average molecular weight is 272 g/mol. The van der Waals surface area contributed by atoms with Gasteiger partial charge in [0.2, 0.25) is 0 Å². The molecular weight excluding hydrogens is 262 g/mol. The van der Waals surface area contributed by atoms with Crippen molar-refractivity contribution in [3.8, 4) is 22.6 Å². The predicted molar refractivity (Wildman–Crippen MR) is 75.5 cm³/mol. The second-order valence-electron chi connectivity index (χ2n) is 4.22. The minimum atomic E-state index is -0.0427. The zero-order valence-electron chi connectivity index (χ0n) is 9.84. The van der Waals surface area contributed by atoms with Gasteiger partial charge in [-0.25, -0.2) is 4.98 Å². The Balaban J connectivity index is 2.42. The first-order valence-corrected chi connectivity index (χ1v) is 6.10. The average Bonchev–Trinajstić information content (AvgIpc) is 2.41. The Bertz CT molecular complexity index is 757. The molecule has 2 N–H and O–H groups in total. The van der Waals surface area contributed by atoms with Crippen molar-refractivity contribution >= 4 is 22.4 Å². The third kappa shape index (κ3) is 1.98. The molecule has 3 nitrogen and oxygen atoms in total. The fourth-order valence-corrected chi connectivity index (χ4v) is 2.35. The molecule has 0 amide bonds. The van der Waals surface area contributed by atoms with Gasteiger partial charge in [0.25, 0.3) is 0 Å². The number of aromatic nitrogens is 1. The summed E-state index contributed by atoms with van der Waals surface area (Å²) in [5.41, 5.74) is 1.70. The summed E-state index contributed by atoms with van der Waals surface area (Å²) in [6.45, 7) is 0. The molecule has 19 heavy (non-hydrogen) atoms. The molecule has 0 aliphatic rings. The number of phenols is 2. The maximum Gasteiger partial charge on any atom is 0.137 e. The maximum atomic E-state index is 10.1. The maximum absolute atomic E-state index is 10.1. The lowest BCUT2D eigenvalue weighted by atomic mass is 10.00. The predicted octanol–water partition coefficient (Wildman–Crippen LogP) is 3.97. The number of pyridine rings is 1. The summed E-state index contributed by atoms with van der Waals surface area (Å²) in [5, 5.41) is 21.0. The van der Waals surface area contributed by atoms with Crippen LogP contribution in [0, 0.1) is 0 Å². The summed E-state index contributed by atoms with van der Waals surface area (Å²) in [4.78, 5) is 4.11. The molecule has 1 heterocycles. The molecule has 0 saturated carbocycles. The van der Waals surface area contributed by atoms with Gasteiger partial charge < -0.3 is 10.2 Å². The van der Waals surface area contributed by atoms with E-state index in [9.17, 15) is 10.2 Å². The van der Waals surface area contributed by atoms with Crippen LogP contribution in [0.15, 0.2) is 48.7 Å². The first-order chi connectivity index (χ1) is 9.16. The van der Waals surface area contributed by atoms with Gasteiger partial charge in [0, 0.05) is 28.6 Å². The van der Waals surface area contributed by atoms with Crippen LogP contribution in [0.1, 0.15) is 0 Å². The Hall–Kier alpha value is -2.26. The van der Waals surface area contributed by atoms with E-state index in [0.717, 1.165) is 11.1 Å². The molecule has 3 rings (SSSR count). The number of hydrogen-bond donors (Lipinski definition) is 2. The molecule has 94 valence electrons. The van der Waals surface area contributed by atoms with E-state index in [4.69, 9.17) is 11.6 Å². The highest BCUT2D eigenvalue weighted by Crippen LogP contribution is 2.39. The first-order valence-electron chi connectivity index (χ1n) is 5.72. The van der Waals surface area contributed by atoms with E-state index in [2.05, 4.69) is 4.98 Å². The minimum absolute atomic E-state index is 0.0156. The fourth-order valence-electron chi connectivity index (χ4n) is 2.15.